The molecule has 0 radical (unpaired) electrons. The van der Waals surface area contributed by atoms with Crippen molar-refractivity contribution in [1.29, 1.82) is 0 Å². The van der Waals surface area contributed by atoms with E-state index in [1.54, 1.807) is 11.1 Å². The van der Waals surface area contributed by atoms with Crippen molar-refractivity contribution in [2.75, 3.05) is 11.4 Å². The number of hydrogen-bond acceptors (Lipinski definition) is 3. The highest BCUT2D eigenvalue weighted by atomic mass is 32.2. The van der Waals surface area contributed by atoms with Gasteiger partial charge in [0.1, 0.15) is 4.70 Å². The number of allylic oxidation sites excluding steroid dienone is 5. The van der Waals surface area contributed by atoms with E-state index < -0.39 is 0 Å². The molecule has 0 spiro atoms. The van der Waals surface area contributed by atoms with E-state index in [2.05, 4.69) is 90.9 Å². The maximum atomic E-state index is 2.54. The number of benzene rings is 2. The SMILES string of the molecule is CCN1C(=CC2=CC(=C3CC[n+]4c3sc3ccccc34)CC(C)(C)C2)Sc2ccccc21. The molecular formula is C28H29N2S2+. The number of aromatic nitrogens is 1. The van der Waals surface area contributed by atoms with E-state index in [9.17, 15) is 0 Å². The summed E-state index contributed by atoms with van der Waals surface area (Å²) in [7, 11) is 0. The maximum Gasteiger partial charge on any atom is 0.266 e. The molecule has 3 heterocycles. The second-order valence-electron chi connectivity index (χ2n) is 9.81. The van der Waals surface area contributed by atoms with Crippen molar-refractivity contribution in [3.8, 4) is 0 Å². The molecule has 0 N–H and O–H groups in total. The highest BCUT2D eigenvalue weighted by molar-refractivity contribution is 8.03. The van der Waals surface area contributed by atoms with Gasteiger partial charge < -0.3 is 4.90 Å². The lowest BCUT2D eigenvalue weighted by molar-refractivity contribution is -0.659. The number of hydrogen-bond donors (Lipinski definition) is 0. The average molecular weight is 458 g/mol. The van der Waals surface area contributed by atoms with E-state index in [1.165, 1.54) is 36.4 Å². The number of nitrogens with zero attached hydrogens (tertiary/aromatic N) is 2. The van der Waals surface area contributed by atoms with Crippen molar-refractivity contribution < 1.29 is 4.57 Å². The first-order chi connectivity index (χ1) is 15.5. The Morgan fingerprint density at radius 2 is 1.88 bits per heavy atom. The van der Waals surface area contributed by atoms with E-state index in [0.29, 0.717) is 0 Å². The summed E-state index contributed by atoms with van der Waals surface area (Å²) in [6.07, 6.45) is 8.43. The molecule has 0 fully saturated rings. The normalized spacial score (nSPS) is 23.0. The van der Waals surface area contributed by atoms with Gasteiger partial charge in [0.25, 0.3) is 5.01 Å². The fourth-order valence-electron chi connectivity index (χ4n) is 5.50. The molecule has 2 aliphatic heterocycles. The van der Waals surface area contributed by atoms with Gasteiger partial charge in [0.2, 0.25) is 5.52 Å². The number of aryl methyl sites for hydroxylation is 1. The standard InChI is InChI=1S/C28H29N2S2/c1-4-29-22-9-5-7-11-24(22)31-26(29)16-19-15-20(18-28(2,3)17-19)21-13-14-30-23-10-6-8-12-25(23)32-27(21)30/h5-12,15-16H,4,13-14,17-18H2,1-3H3/q+1. The Morgan fingerprint density at radius 1 is 1.06 bits per heavy atom. The van der Waals surface area contributed by atoms with Crippen LogP contribution in [0, 0.1) is 5.41 Å². The van der Waals surface area contributed by atoms with Gasteiger partial charge in [0.05, 0.1) is 10.7 Å². The van der Waals surface area contributed by atoms with Gasteiger partial charge in [-0.3, -0.25) is 0 Å². The summed E-state index contributed by atoms with van der Waals surface area (Å²) in [5.41, 5.74) is 7.61. The number of para-hydroxylation sites is 2. The topological polar surface area (TPSA) is 7.12 Å². The minimum absolute atomic E-state index is 0.279. The molecule has 1 aromatic heterocycles. The zero-order valence-electron chi connectivity index (χ0n) is 19.0. The van der Waals surface area contributed by atoms with E-state index in [1.807, 2.05) is 23.1 Å². The molecule has 2 nitrogen and oxygen atoms in total. The summed E-state index contributed by atoms with van der Waals surface area (Å²) in [5, 5.41) is 2.84. The minimum Gasteiger partial charge on any atom is -0.335 e. The van der Waals surface area contributed by atoms with Crippen LogP contribution in [0.5, 0.6) is 0 Å². The predicted molar refractivity (Wildman–Crippen MR) is 138 cm³/mol. The van der Waals surface area contributed by atoms with Gasteiger partial charge in [-0.15, -0.1) is 0 Å². The quantitative estimate of drug-likeness (QED) is 0.366. The molecular weight excluding hydrogens is 428 g/mol. The van der Waals surface area contributed by atoms with Gasteiger partial charge in [-0.2, -0.15) is 4.57 Å². The van der Waals surface area contributed by atoms with Crippen molar-refractivity contribution >= 4 is 44.6 Å². The molecule has 0 saturated heterocycles. The van der Waals surface area contributed by atoms with Crippen molar-refractivity contribution in [2.24, 2.45) is 5.41 Å². The van der Waals surface area contributed by atoms with Gasteiger partial charge in [0.15, 0.2) is 6.54 Å². The lowest BCUT2D eigenvalue weighted by Crippen LogP contribution is -2.30. The van der Waals surface area contributed by atoms with Crippen LogP contribution in [0.15, 0.2) is 81.8 Å². The Balaban J connectivity index is 1.43. The highest BCUT2D eigenvalue weighted by Crippen LogP contribution is 2.48. The van der Waals surface area contributed by atoms with Crippen molar-refractivity contribution in [1.82, 2.24) is 0 Å². The Labute approximate surface area is 199 Å². The fraction of sp³-hybridized carbons (Fsp3) is 0.321. The zero-order chi connectivity index (χ0) is 21.9. The number of anilines is 1. The molecule has 3 aromatic rings. The second kappa shape index (κ2) is 7.64. The third-order valence-electron chi connectivity index (χ3n) is 6.81. The average Bonchev–Trinajstić information content (AvgIpc) is 3.43. The molecule has 6 rings (SSSR count). The summed E-state index contributed by atoms with van der Waals surface area (Å²) >= 11 is 3.88. The third kappa shape index (κ3) is 3.36. The van der Waals surface area contributed by atoms with Crippen LogP contribution in [-0.2, 0) is 6.54 Å². The van der Waals surface area contributed by atoms with Crippen molar-refractivity contribution in [2.45, 2.75) is 51.5 Å². The molecule has 3 aliphatic rings. The van der Waals surface area contributed by atoms with Crippen LogP contribution in [0.25, 0.3) is 15.8 Å². The van der Waals surface area contributed by atoms with Gasteiger partial charge >= 0.3 is 0 Å². The van der Waals surface area contributed by atoms with Crippen molar-refractivity contribution in [3.63, 3.8) is 0 Å². The number of rotatable bonds is 2. The number of thiazole rings is 1. The van der Waals surface area contributed by atoms with Gasteiger partial charge in [-0.05, 0) is 60.6 Å². The molecule has 2 aromatic carbocycles. The van der Waals surface area contributed by atoms with E-state index in [4.69, 9.17) is 0 Å². The summed E-state index contributed by atoms with van der Waals surface area (Å²) in [6.45, 7) is 9.23. The first-order valence-electron chi connectivity index (χ1n) is 11.6. The van der Waals surface area contributed by atoms with E-state index in [-0.39, 0.29) is 5.41 Å². The first kappa shape index (κ1) is 20.3. The fourth-order valence-corrected chi connectivity index (χ4v) is 7.99. The Hall–Kier alpha value is -2.30. The largest absolute Gasteiger partial charge is 0.335 e. The van der Waals surface area contributed by atoms with Gasteiger partial charge in [0, 0.05) is 29.5 Å². The third-order valence-corrected chi connectivity index (χ3v) is 9.15. The van der Waals surface area contributed by atoms with Crippen LogP contribution in [0.2, 0.25) is 0 Å². The smallest absolute Gasteiger partial charge is 0.266 e. The van der Waals surface area contributed by atoms with Gasteiger partial charge in [-0.25, -0.2) is 0 Å². The van der Waals surface area contributed by atoms with E-state index >= 15 is 0 Å². The Morgan fingerprint density at radius 3 is 2.75 bits per heavy atom. The summed E-state index contributed by atoms with van der Waals surface area (Å²) in [6, 6.07) is 17.6. The molecule has 4 heteroatoms. The second-order valence-corrected chi connectivity index (χ2v) is 11.9. The number of fused-ring (bicyclic) bond motifs is 4. The molecule has 0 bridgehead atoms. The maximum absolute atomic E-state index is 2.54. The molecule has 0 saturated carbocycles. The molecule has 162 valence electrons. The van der Waals surface area contributed by atoms with Gasteiger partial charge in [-0.1, -0.05) is 67.3 Å². The van der Waals surface area contributed by atoms with Crippen LogP contribution in [0.3, 0.4) is 0 Å². The lowest BCUT2D eigenvalue weighted by Gasteiger charge is -2.31. The number of thioether (sulfide) groups is 1. The first-order valence-corrected chi connectivity index (χ1v) is 13.3. The highest BCUT2D eigenvalue weighted by Gasteiger charge is 2.35. The Kier molecular flexibility index (Phi) is 4.85. The van der Waals surface area contributed by atoms with E-state index in [0.717, 1.165) is 32.4 Å². The van der Waals surface area contributed by atoms with Crippen LogP contribution in [0.1, 0.15) is 45.0 Å². The van der Waals surface area contributed by atoms with Crippen LogP contribution in [-0.4, -0.2) is 6.54 Å². The summed E-state index contributed by atoms with van der Waals surface area (Å²) in [5.74, 6) is 0. The monoisotopic (exact) mass is 457 g/mol. The predicted octanol–water partition coefficient (Wildman–Crippen LogP) is 7.57. The van der Waals surface area contributed by atoms with Crippen LogP contribution >= 0.6 is 23.1 Å². The van der Waals surface area contributed by atoms with Crippen molar-refractivity contribution in [3.05, 3.63) is 81.9 Å². The van der Waals surface area contributed by atoms with Crippen LogP contribution < -0.4 is 9.47 Å². The summed E-state index contributed by atoms with van der Waals surface area (Å²) in [4.78, 5) is 3.84. The van der Waals surface area contributed by atoms with Crippen LogP contribution in [0.4, 0.5) is 5.69 Å². The molecule has 0 atom stereocenters. The minimum atomic E-state index is 0.279. The zero-order valence-corrected chi connectivity index (χ0v) is 20.7. The molecule has 0 amide bonds. The molecule has 32 heavy (non-hydrogen) atoms. The Bertz CT molecular complexity index is 1320. The molecule has 1 aliphatic carbocycles. The summed E-state index contributed by atoms with van der Waals surface area (Å²) < 4.78 is 3.94. The lowest BCUT2D eigenvalue weighted by atomic mass is 9.74. The molecule has 0 unspecified atom stereocenters.